The van der Waals surface area contributed by atoms with Crippen LogP contribution in [0.3, 0.4) is 0 Å². The molecule has 0 aromatic carbocycles. The summed E-state index contributed by atoms with van der Waals surface area (Å²) in [6.45, 7) is -0.409. The molecule has 0 aliphatic heterocycles. The first kappa shape index (κ1) is 15.7. The van der Waals surface area contributed by atoms with E-state index in [-0.39, 0.29) is 6.42 Å². The Balaban J connectivity index is 4.15. The number of ether oxygens (including phenoxy) is 1. The average Bonchev–Trinajstić information content (AvgIpc) is 2.30. The summed E-state index contributed by atoms with van der Waals surface area (Å²) < 4.78 is 4.26. The van der Waals surface area contributed by atoms with E-state index in [1.807, 2.05) is 5.32 Å². The van der Waals surface area contributed by atoms with E-state index in [1.165, 1.54) is 0 Å². The maximum atomic E-state index is 11.2. The number of esters is 1. The van der Waals surface area contributed by atoms with Crippen molar-refractivity contribution in [3.8, 4) is 0 Å². The number of aliphatic carboxylic acids is 2. The lowest BCUT2D eigenvalue weighted by Crippen LogP contribution is -2.47. The molecule has 0 aliphatic rings. The Hall–Kier alpha value is -2.32. The van der Waals surface area contributed by atoms with Gasteiger partial charge < -0.3 is 25.6 Å². The topological polar surface area (TPSA) is 142 Å². The van der Waals surface area contributed by atoms with Crippen LogP contribution >= 0.6 is 0 Å². The van der Waals surface area contributed by atoms with E-state index in [0.29, 0.717) is 0 Å². The fourth-order valence-corrected chi connectivity index (χ4v) is 0.959. The van der Waals surface area contributed by atoms with Gasteiger partial charge in [-0.15, -0.1) is 0 Å². The molecule has 0 bridgehead atoms. The summed E-state index contributed by atoms with van der Waals surface area (Å²) in [7, 11) is 1.13. The number of carboxylic acid groups (broad SMARTS) is 2. The van der Waals surface area contributed by atoms with Crippen LogP contribution in [-0.2, 0) is 19.1 Å². The SMILES string of the molecule is COC(=O)CNC(=O)N[C@@H](CCC(=O)O)C(=O)O. The zero-order valence-corrected chi connectivity index (χ0v) is 9.63. The highest BCUT2D eigenvalue weighted by molar-refractivity contribution is 5.85. The number of carboxylic acids is 2. The number of methoxy groups -OCH3 is 1. The molecule has 0 aliphatic carbocycles. The molecule has 0 heterocycles. The minimum absolute atomic E-state index is 0.254. The van der Waals surface area contributed by atoms with Gasteiger partial charge in [0.2, 0.25) is 0 Å². The molecule has 9 nitrogen and oxygen atoms in total. The van der Waals surface area contributed by atoms with Crippen LogP contribution in [0.15, 0.2) is 0 Å². The van der Waals surface area contributed by atoms with Crippen molar-refractivity contribution >= 4 is 23.9 Å². The molecule has 0 aromatic heterocycles. The maximum absolute atomic E-state index is 11.2. The molecule has 0 saturated heterocycles. The van der Waals surface area contributed by atoms with E-state index in [0.717, 1.165) is 7.11 Å². The summed E-state index contributed by atoms with van der Waals surface area (Å²) >= 11 is 0. The third kappa shape index (κ3) is 7.04. The highest BCUT2D eigenvalue weighted by atomic mass is 16.5. The largest absolute Gasteiger partial charge is 0.481 e. The fraction of sp³-hybridized carbons (Fsp3) is 0.556. The van der Waals surface area contributed by atoms with Gasteiger partial charge >= 0.3 is 23.9 Å². The molecule has 18 heavy (non-hydrogen) atoms. The van der Waals surface area contributed by atoms with Gasteiger partial charge in [0, 0.05) is 6.42 Å². The van der Waals surface area contributed by atoms with Crippen LogP contribution in [0.1, 0.15) is 12.8 Å². The minimum atomic E-state index is -1.36. The van der Waals surface area contributed by atoms with E-state index in [9.17, 15) is 19.2 Å². The number of carbonyl (C=O) groups excluding carboxylic acids is 2. The van der Waals surface area contributed by atoms with E-state index >= 15 is 0 Å². The highest BCUT2D eigenvalue weighted by Gasteiger charge is 2.20. The van der Waals surface area contributed by atoms with Crippen LogP contribution in [0.2, 0.25) is 0 Å². The van der Waals surface area contributed by atoms with Gasteiger partial charge in [-0.2, -0.15) is 0 Å². The van der Waals surface area contributed by atoms with Crippen molar-refractivity contribution in [2.45, 2.75) is 18.9 Å². The molecule has 0 saturated carbocycles. The van der Waals surface area contributed by atoms with Crippen LogP contribution in [-0.4, -0.2) is 53.8 Å². The van der Waals surface area contributed by atoms with Gasteiger partial charge in [0.25, 0.3) is 0 Å². The van der Waals surface area contributed by atoms with E-state index in [4.69, 9.17) is 10.2 Å². The quantitative estimate of drug-likeness (QED) is 0.421. The summed E-state index contributed by atoms with van der Waals surface area (Å²) in [4.78, 5) is 42.9. The fourth-order valence-electron chi connectivity index (χ4n) is 0.959. The molecule has 0 fully saturated rings. The molecular formula is C9H14N2O7. The van der Waals surface area contributed by atoms with Crippen molar-refractivity contribution in [2.75, 3.05) is 13.7 Å². The molecule has 9 heteroatoms. The first-order valence-electron chi connectivity index (χ1n) is 4.92. The summed E-state index contributed by atoms with van der Waals surface area (Å²) in [6.07, 6.45) is -0.648. The second kappa shape index (κ2) is 7.87. The van der Waals surface area contributed by atoms with Crippen molar-refractivity contribution < 1.29 is 34.1 Å². The van der Waals surface area contributed by atoms with Gasteiger partial charge in [0.05, 0.1) is 7.11 Å². The zero-order chi connectivity index (χ0) is 14.1. The third-order valence-electron chi connectivity index (χ3n) is 1.87. The van der Waals surface area contributed by atoms with Crippen molar-refractivity contribution in [3.05, 3.63) is 0 Å². The maximum Gasteiger partial charge on any atom is 0.326 e. The molecule has 102 valence electrons. The average molecular weight is 262 g/mol. The van der Waals surface area contributed by atoms with Crippen LogP contribution in [0.5, 0.6) is 0 Å². The van der Waals surface area contributed by atoms with Crippen LogP contribution in [0.4, 0.5) is 4.79 Å². The zero-order valence-electron chi connectivity index (χ0n) is 9.63. The van der Waals surface area contributed by atoms with Crippen molar-refractivity contribution in [1.82, 2.24) is 10.6 Å². The molecule has 0 rings (SSSR count). The monoisotopic (exact) mass is 262 g/mol. The van der Waals surface area contributed by atoms with E-state index in [1.54, 1.807) is 0 Å². The number of hydrogen-bond acceptors (Lipinski definition) is 5. The Kier molecular flexibility index (Phi) is 6.86. The van der Waals surface area contributed by atoms with Gasteiger partial charge in [-0.1, -0.05) is 0 Å². The van der Waals surface area contributed by atoms with Crippen molar-refractivity contribution in [1.29, 1.82) is 0 Å². The number of amides is 2. The number of rotatable bonds is 7. The molecule has 0 radical (unpaired) electrons. The predicted octanol–water partition coefficient (Wildman–Crippen LogP) is -1.22. The Morgan fingerprint density at radius 1 is 1.22 bits per heavy atom. The lowest BCUT2D eigenvalue weighted by molar-refractivity contribution is -0.140. The van der Waals surface area contributed by atoms with Gasteiger partial charge in [0.1, 0.15) is 12.6 Å². The lowest BCUT2D eigenvalue weighted by atomic mass is 10.1. The van der Waals surface area contributed by atoms with Gasteiger partial charge in [-0.25, -0.2) is 9.59 Å². The first-order chi connectivity index (χ1) is 8.36. The van der Waals surface area contributed by atoms with Crippen LogP contribution < -0.4 is 10.6 Å². The Bertz CT molecular complexity index is 342. The summed E-state index contributed by atoms with van der Waals surface area (Å²) in [5, 5.41) is 21.2. The highest BCUT2D eigenvalue weighted by Crippen LogP contribution is 1.97. The van der Waals surface area contributed by atoms with Crippen molar-refractivity contribution in [3.63, 3.8) is 0 Å². The number of hydrogen-bond donors (Lipinski definition) is 4. The summed E-state index contributed by atoms with van der Waals surface area (Å²) in [6, 6.07) is -2.23. The lowest BCUT2D eigenvalue weighted by Gasteiger charge is -2.13. The van der Waals surface area contributed by atoms with Crippen LogP contribution in [0.25, 0.3) is 0 Å². The Morgan fingerprint density at radius 2 is 1.83 bits per heavy atom. The Labute approximate surface area is 102 Å². The second-order valence-corrected chi connectivity index (χ2v) is 3.23. The molecule has 1 atom stereocenters. The molecule has 0 unspecified atom stereocenters. The molecule has 0 aromatic rings. The van der Waals surface area contributed by atoms with Crippen LogP contribution in [0, 0.1) is 0 Å². The molecule has 4 N–H and O–H groups in total. The minimum Gasteiger partial charge on any atom is -0.481 e. The smallest absolute Gasteiger partial charge is 0.326 e. The standard InChI is InChI=1S/C9H14N2O7/c1-18-7(14)4-10-9(17)11-5(8(15)16)2-3-6(12)13/h5H,2-4H2,1H3,(H,12,13)(H,15,16)(H2,10,11,17)/t5-/m0/s1. The van der Waals surface area contributed by atoms with E-state index < -0.39 is 42.9 Å². The Morgan fingerprint density at radius 3 is 2.28 bits per heavy atom. The summed E-state index contributed by atoms with van der Waals surface area (Å²) in [5.41, 5.74) is 0. The number of nitrogens with one attached hydrogen (secondary N) is 2. The van der Waals surface area contributed by atoms with Gasteiger partial charge in [-0.3, -0.25) is 9.59 Å². The number of carbonyl (C=O) groups is 4. The summed E-state index contributed by atoms with van der Waals surface area (Å²) in [5.74, 6) is -3.22. The first-order valence-corrected chi connectivity index (χ1v) is 4.92. The molecule has 0 spiro atoms. The third-order valence-corrected chi connectivity index (χ3v) is 1.87. The van der Waals surface area contributed by atoms with Gasteiger partial charge in [-0.05, 0) is 6.42 Å². The van der Waals surface area contributed by atoms with Gasteiger partial charge in [0.15, 0.2) is 0 Å². The number of urea groups is 1. The van der Waals surface area contributed by atoms with E-state index in [2.05, 4.69) is 10.1 Å². The second-order valence-electron chi connectivity index (χ2n) is 3.23. The normalized spacial score (nSPS) is 11.2. The van der Waals surface area contributed by atoms with Crippen molar-refractivity contribution in [2.24, 2.45) is 0 Å². The molecule has 2 amide bonds. The molecular weight excluding hydrogens is 248 g/mol. The predicted molar refractivity (Wildman–Crippen MR) is 56.8 cm³/mol.